The molecule has 26 heavy (non-hydrogen) atoms. The van der Waals surface area contributed by atoms with E-state index >= 15 is 0 Å². The smallest absolute Gasteiger partial charge is 0.307 e. The number of benzene rings is 2. The topological polar surface area (TPSA) is 68.4 Å². The maximum atomic E-state index is 13.0. The van der Waals surface area contributed by atoms with Gasteiger partial charge < -0.3 is 5.32 Å². The zero-order valence-electron chi connectivity index (χ0n) is 14.6. The Morgan fingerprint density at radius 3 is 2.50 bits per heavy atom. The molecule has 6 nitrogen and oxygen atoms in total. The van der Waals surface area contributed by atoms with Gasteiger partial charge in [0.25, 0.3) is 5.56 Å². The van der Waals surface area contributed by atoms with Crippen LogP contribution in [0.3, 0.4) is 0 Å². The lowest BCUT2D eigenvalue weighted by atomic mass is 10.2. The minimum atomic E-state index is -0.344. The summed E-state index contributed by atoms with van der Waals surface area (Å²) in [5, 5.41) is 2.87. The van der Waals surface area contributed by atoms with Crippen LogP contribution in [0.15, 0.2) is 59.4 Å². The van der Waals surface area contributed by atoms with Crippen molar-refractivity contribution in [1.29, 1.82) is 0 Å². The fourth-order valence-electron chi connectivity index (χ4n) is 3.29. The first-order chi connectivity index (χ1) is 12.6. The van der Waals surface area contributed by atoms with E-state index in [-0.39, 0.29) is 11.6 Å². The van der Waals surface area contributed by atoms with E-state index in [1.165, 1.54) is 8.97 Å². The van der Waals surface area contributed by atoms with Gasteiger partial charge in [-0.1, -0.05) is 37.3 Å². The summed E-state index contributed by atoms with van der Waals surface area (Å²) in [5.74, 6) is 0.319. The molecule has 0 unspecified atom stereocenters. The third-order valence-corrected chi connectivity index (χ3v) is 4.56. The molecule has 0 radical (unpaired) electrons. The number of para-hydroxylation sites is 3. The lowest BCUT2D eigenvalue weighted by Gasteiger charge is -2.15. The van der Waals surface area contributed by atoms with Crippen molar-refractivity contribution in [3.8, 4) is 0 Å². The molecule has 4 aromatic rings. The van der Waals surface area contributed by atoms with Gasteiger partial charge in [0.2, 0.25) is 5.78 Å². The number of aromatic nitrogens is 3. The van der Waals surface area contributed by atoms with Crippen LogP contribution in [0.2, 0.25) is 0 Å². The van der Waals surface area contributed by atoms with Crippen molar-refractivity contribution in [3.05, 3.63) is 76.2 Å². The van der Waals surface area contributed by atoms with Gasteiger partial charge in [0.05, 0.1) is 11.0 Å². The standard InChI is InChI=1S/C20H18N4O2/c1-3-15-13(2)23(20(26)21-14-9-5-4-6-10-14)19-22-16-11-7-8-12-17(16)24(19)18(15)25/h4-12H,3H2,1-2H3,(H,21,26). The highest BCUT2D eigenvalue weighted by Gasteiger charge is 2.21. The minimum absolute atomic E-state index is 0.127. The zero-order chi connectivity index (χ0) is 18.3. The molecule has 1 N–H and O–H groups in total. The summed E-state index contributed by atoms with van der Waals surface area (Å²) in [6.07, 6.45) is 0.533. The van der Waals surface area contributed by atoms with Crippen molar-refractivity contribution in [2.75, 3.05) is 5.32 Å². The van der Waals surface area contributed by atoms with Crippen molar-refractivity contribution < 1.29 is 4.79 Å². The molecule has 0 saturated carbocycles. The molecule has 0 aliphatic rings. The molecular weight excluding hydrogens is 328 g/mol. The monoisotopic (exact) mass is 346 g/mol. The van der Waals surface area contributed by atoms with Crippen LogP contribution in [0.1, 0.15) is 18.2 Å². The van der Waals surface area contributed by atoms with E-state index < -0.39 is 0 Å². The second-order valence-corrected chi connectivity index (χ2v) is 6.09. The number of anilines is 1. The molecular formula is C20H18N4O2. The molecule has 2 heterocycles. The molecule has 4 rings (SSSR count). The molecule has 0 bridgehead atoms. The van der Waals surface area contributed by atoms with E-state index in [9.17, 15) is 9.59 Å². The summed E-state index contributed by atoms with van der Waals surface area (Å²) in [5.41, 5.74) is 3.14. The Kier molecular flexibility index (Phi) is 3.80. The number of fused-ring (bicyclic) bond motifs is 3. The summed E-state index contributed by atoms with van der Waals surface area (Å²) >= 11 is 0. The summed E-state index contributed by atoms with van der Waals surface area (Å²) in [6, 6.07) is 16.3. The van der Waals surface area contributed by atoms with E-state index in [4.69, 9.17) is 0 Å². The number of carbonyl (C=O) groups is 1. The SMILES string of the molecule is CCc1c(C)n(C(=O)Nc2ccccc2)c2nc3ccccc3n2c1=O. The summed E-state index contributed by atoms with van der Waals surface area (Å²) < 4.78 is 3.00. The number of nitrogens with zero attached hydrogens (tertiary/aromatic N) is 3. The van der Waals surface area contributed by atoms with Crippen molar-refractivity contribution in [3.63, 3.8) is 0 Å². The van der Waals surface area contributed by atoms with Crippen LogP contribution in [-0.4, -0.2) is 20.0 Å². The molecule has 0 fully saturated rings. The first-order valence-electron chi connectivity index (χ1n) is 8.50. The molecule has 2 aromatic heterocycles. The molecule has 0 atom stereocenters. The number of hydrogen-bond acceptors (Lipinski definition) is 3. The molecule has 0 saturated heterocycles. The normalized spacial score (nSPS) is 11.2. The number of carbonyl (C=O) groups excluding carboxylic acids is 1. The fourth-order valence-corrected chi connectivity index (χ4v) is 3.29. The average Bonchev–Trinajstić information content (AvgIpc) is 3.02. The lowest BCUT2D eigenvalue weighted by molar-refractivity contribution is 0.253. The minimum Gasteiger partial charge on any atom is -0.307 e. The predicted octanol–water partition coefficient (Wildman–Crippen LogP) is 3.60. The fraction of sp³-hybridized carbons (Fsp3) is 0.150. The third kappa shape index (κ3) is 2.38. The van der Waals surface area contributed by atoms with Gasteiger partial charge in [0.1, 0.15) is 0 Å². The van der Waals surface area contributed by atoms with Gasteiger partial charge in [0.15, 0.2) is 0 Å². The van der Waals surface area contributed by atoms with E-state index in [1.54, 1.807) is 6.92 Å². The molecule has 0 aliphatic heterocycles. The largest absolute Gasteiger partial charge is 0.333 e. The van der Waals surface area contributed by atoms with Crippen molar-refractivity contribution in [2.24, 2.45) is 0 Å². The molecule has 130 valence electrons. The van der Waals surface area contributed by atoms with Gasteiger partial charge in [-0.15, -0.1) is 0 Å². The number of rotatable bonds is 2. The first kappa shape index (κ1) is 16.1. The van der Waals surface area contributed by atoms with Gasteiger partial charge in [-0.3, -0.25) is 4.79 Å². The van der Waals surface area contributed by atoms with Crippen molar-refractivity contribution in [2.45, 2.75) is 20.3 Å². The molecule has 6 heteroatoms. The summed E-state index contributed by atoms with van der Waals surface area (Å²) in [4.78, 5) is 30.5. The van der Waals surface area contributed by atoms with Crippen LogP contribution in [0, 0.1) is 6.92 Å². The van der Waals surface area contributed by atoms with E-state index in [1.807, 2.05) is 61.5 Å². The zero-order valence-corrected chi connectivity index (χ0v) is 14.6. The highest BCUT2D eigenvalue weighted by molar-refractivity contribution is 5.95. The highest BCUT2D eigenvalue weighted by Crippen LogP contribution is 2.18. The van der Waals surface area contributed by atoms with E-state index in [0.717, 1.165) is 0 Å². The second-order valence-electron chi connectivity index (χ2n) is 6.09. The molecule has 1 amide bonds. The van der Waals surface area contributed by atoms with Gasteiger partial charge in [-0.05, 0) is 37.6 Å². The van der Waals surface area contributed by atoms with Crippen LogP contribution in [0.4, 0.5) is 10.5 Å². The Hall–Kier alpha value is -3.41. The van der Waals surface area contributed by atoms with Gasteiger partial charge in [-0.2, -0.15) is 0 Å². The van der Waals surface area contributed by atoms with Crippen molar-refractivity contribution >= 4 is 28.5 Å². The Morgan fingerprint density at radius 2 is 1.77 bits per heavy atom. The van der Waals surface area contributed by atoms with E-state index in [0.29, 0.717) is 40.2 Å². The van der Waals surface area contributed by atoms with Crippen LogP contribution >= 0.6 is 0 Å². The average molecular weight is 346 g/mol. The number of nitrogens with one attached hydrogen (secondary N) is 1. The second kappa shape index (κ2) is 6.15. The predicted molar refractivity (Wildman–Crippen MR) is 102 cm³/mol. The Balaban J connectivity index is 2.01. The molecule has 0 spiro atoms. The highest BCUT2D eigenvalue weighted by atomic mass is 16.2. The van der Waals surface area contributed by atoms with Gasteiger partial charge >= 0.3 is 6.03 Å². The maximum Gasteiger partial charge on any atom is 0.333 e. The molecule has 0 aliphatic carbocycles. The Labute approximate surface area is 149 Å². The van der Waals surface area contributed by atoms with Crippen LogP contribution in [0.25, 0.3) is 16.8 Å². The molecule has 2 aromatic carbocycles. The number of imidazole rings is 1. The Morgan fingerprint density at radius 1 is 1.08 bits per heavy atom. The van der Waals surface area contributed by atoms with Crippen LogP contribution in [0.5, 0.6) is 0 Å². The number of amides is 1. The van der Waals surface area contributed by atoms with Crippen LogP contribution < -0.4 is 10.9 Å². The lowest BCUT2D eigenvalue weighted by Crippen LogP contribution is -2.30. The Bertz CT molecular complexity index is 1190. The van der Waals surface area contributed by atoms with Crippen molar-refractivity contribution in [1.82, 2.24) is 14.0 Å². The number of hydrogen-bond donors (Lipinski definition) is 1. The quantitative estimate of drug-likeness (QED) is 0.603. The summed E-state index contributed by atoms with van der Waals surface area (Å²) in [6.45, 7) is 3.69. The summed E-state index contributed by atoms with van der Waals surface area (Å²) in [7, 11) is 0. The van der Waals surface area contributed by atoms with Gasteiger partial charge in [-0.25, -0.2) is 18.7 Å². The first-order valence-corrected chi connectivity index (χ1v) is 8.50. The van der Waals surface area contributed by atoms with Gasteiger partial charge in [0, 0.05) is 16.9 Å². The third-order valence-electron chi connectivity index (χ3n) is 4.56. The van der Waals surface area contributed by atoms with E-state index in [2.05, 4.69) is 10.3 Å². The maximum absolute atomic E-state index is 13.0. The van der Waals surface area contributed by atoms with Crippen LogP contribution in [-0.2, 0) is 6.42 Å².